The molecule has 1 saturated carbocycles. The molecule has 1 saturated heterocycles. The SMILES string of the molecule is N#Cc1ccc(C(=O)N2CCN(/C(=N/C3(C(=O)O)CC3)c3ccccn3)CC2)cc1. The summed E-state index contributed by atoms with van der Waals surface area (Å²) in [4.78, 5) is 37.2. The molecule has 152 valence electrons. The van der Waals surface area contributed by atoms with E-state index in [9.17, 15) is 14.7 Å². The molecule has 0 unspecified atom stereocenters. The first-order valence-electron chi connectivity index (χ1n) is 9.81. The number of hydrogen-bond acceptors (Lipinski definition) is 5. The minimum atomic E-state index is -1.05. The van der Waals surface area contributed by atoms with E-state index in [1.165, 1.54) is 0 Å². The fraction of sp³-hybridized carbons (Fsp3) is 0.318. The van der Waals surface area contributed by atoms with E-state index in [4.69, 9.17) is 5.26 Å². The van der Waals surface area contributed by atoms with Gasteiger partial charge in [-0.1, -0.05) is 6.07 Å². The van der Waals surface area contributed by atoms with Gasteiger partial charge in [0, 0.05) is 37.9 Å². The van der Waals surface area contributed by atoms with Crippen LogP contribution in [-0.4, -0.2) is 69.3 Å². The number of hydrogen-bond donors (Lipinski definition) is 1. The van der Waals surface area contributed by atoms with Crippen LogP contribution < -0.4 is 0 Å². The number of nitriles is 1. The number of carbonyl (C=O) groups is 2. The molecule has 2 aromatic rings. The molecule has 30 heavy (non-hydrogen) atoms. The normalized spacial score (nSPS) is 17.9. The average Bonchev–Trinajstić information content (AvgIpc) is 3.59. The molecule has 1 aliphatic carbocycles. The number of piperazine rings is 1. The Kier molecular flexibility index (Phi) is 5.19. The van der Waals surface area contributed by atoms with Crippen molar-refractivity contribution in [1.82, 2.24) is 14.8 Å². The third kappa shape index (κ3) is 3.87. The van der Waals surface area contributed by atoms with Gasteiger partial charge in [0.05, 0.1) is 11.6 Å². The zero-order chi connectivity index (χ0) is 21.1. The van der Waals surface area contributed by atoms with Crippen LogP contribution in [0.25, 0.3) is 0 Å². The predicted octanol–water partition coefficient (Wildman–Crippen LogP) is 1.78. The summed E-state index contributed by atoms with van der Waals surface area (Å²) in [7, 11) is 0. The average molecular weight is 403 g/mol. The van der Waals surface area contributed by atoms with Gasteiger partial charge in [-0.15, -0.1) is 0 Å². The van der Waals surface area contributed by atoms with Crippen molar-refractivity contribution < 1.29 is 14.7 Å². The van der Waals surface area contributed by atoms with E-state index >= 15 is 0 Å². The number of amidine groups is 1. The summed E-state index contributed by atoms with van der Waals surface area (Å²) in [5.41, 5.74) is 0.642. The molecule has 0 radical (unpaired) electrons. The maximum Gasteiger partial charge on any atom is 0.331 e. The zero-order valence-electron chi connectivity index (χ0n) is 16.4. The van der Waals surface area contributed by atoms with Crippen molar-refractivity contribution in [1.29, 1.82) is 5.26 Å². The van der Waals surface area contributed by atoms with Crippen molar-refractivity contribution in [2.45, 2.75) is 18.4 Å². The van der Waals surface area contributed by atoms with Crippen molar-refractivity contribution >= 4 is 17.7 Å². The largest absolute Gasteiger partial charge is 0.479 e. The van der Waals surface area contributed by atoms with E-state index in [1.54, 1.807) is 41.4 Å². The molecule has 1 N–H and O–H groups in total. The van der Waals surface area contributed by atoms with Gasteiger partial charge in [-0.3, -0.25) is 9.78 Å². The monoisotopic (exact) mass is 403 g/mol. The first kappa shape index (κ1) is 19.6. The van der Waals surface area contributed by atoms with Crippen LogP contribution in [0.5, 0.6) is 0 Å². The summed E-state index contributed by atoms with van der Waals surface area (Å²) in [5.74, 6) is -0.425. The molecule has 2 heterocycles. The molecule has 4 rings (SSSR count). The lowest BCUT2D eigenvalue weighted by Crippen LogP contribution is -2.51. The van der Waals surface area contributed by atoms with Crippen LogP contribution >= 0.6 is 0 Å². The number of aliphatic carboxylic acids is 1. The highest BCUT2D eigenvalue weighted by atomic mass is 16.4. The second-order valence-electron chi connectivity index (χ2n) is 7.46. The molecule has 0 bridgehead atoms. The Bertz CT molecular complexity index is 1010. The van der Waals surface area contributed by atoms with Gasteiger partial charge >= 0.3 is 5.97 Å². The van der Waals surface area contributed by atoms with Crippen molar-refractivity contribution in [3.8, 4) is 6.07 Å². The third-order valence-corrected chi connectivity index (χ3v) is 5.46. The Balaban J connectivity index is 1.50. The lowest BCUT2D eigenvalue weighted by atomic mass is 10.1. The summed E-state index contributed by atoms with van der Waals surface area (Å²) >= 11 is 0. The summed E-state index contributed by atoms with van der Waals surface area (Å²) in [6.45, 7) is 2.05. The first-order chi connectivity index (χ1) is 14.5. The molecule has 8 heteroatoms. The van der Waals surface area contributed by atoms with Crippen LogP contribution in [0.3, 0.4) is 0 Å². The first-order valence-corrected chi connectivity index (χ1v) is 9.81. The fourth-order valence-electron chi connectivity index (χ4n) is 3.47. The highest BCUT2D eigenvalue weighted by Gasteiger charge is 2.51. The minimum Gasteiger partial charge on any atom is -0.479 e. The Morgan fingerprint density at radius 1 is 1.03 bits per heavy atom. The molecule has 2 aliphatic rings. The Morgan fingerprint density at radius 2 is 1.70 bits per heavy atom. The lowest BCUT2D eigenvalue weighted by molar-refractivity contribution is -0.139. The van der Waals surface area contributed by atoms with Crippen molar-refractivity contribution in [2.75, 3.05) is 26.2 Å². The number of carbonyl (C=O) groups excluding carboxylic acids is 1. The van der Waals surface area contributed by atoms with Crippen LogP contribution in [-0.2, 0) is 4.79 Å². The van der Waals surface area contributed by atoms with Gasteiger partial charge in [0.25, 0.3) is 5.91 Å². The van der Waals surface area contributed by atoms with Gasteiger partial charge < -0.3 is 14.9 Å². The molecule has 1 aromatic carbocycles. The molecule has 1 amide bonds. The van der Waals surface area contributed by atoms with E-state index in [2.05, 4.69) is 9.98 Å². The van der Waals surface area contributed by atoms with Crippen molar-refractivity contribution in [3.05, 3.63) is 65.5 Å². The number of carboxylic acid groups (broad SMARTS) is 1. The van der Waals surface area contributed by atoms with E-state index in [0.29, 0.717) is 61.7 Å². The Morgan fingerprint density at radius 3 is 2.23 bits per heavy atom. The molecule has 2 fully saturated rings. The van der Waals surface area contributed by atoms with E-state index < -0.39 is 11.5 Å². The highest BCUT2D eigenvalue weighted by Crippen LogP contribution is 2.40. The van der Waals surface area contributed by atoms with Gasteiger partial charge in [-0.05, 0) is 49.2 Å². The number of amides is 1. The molecule has 0 spiro atoms. The highest BCUT2D eigenvalue weighted by molar-refractivity contribution is 6.00. The number of aliphatic imine (C=N–C) groups is 1. The summed E-state index contributed by atoms with van der Waals surface area (Å²) < 4.78 is 0. The van der Waals surface area contributed by atoms with E-state index in [-0.39, 0.29) is 5.91 Å². The van der Waals surface area contributed by atoms with Gasteiger partial charge in [0.15, 0.2) is 11.4 Å². The summed E-state index contributed by atoms with van der Waals surface area (Å²) in [6, 6.07) is 14.1. The Labute approximate surface area is 174 Å². The van der Waals surface area contributed by atoms with Gasteiger partial charge in [0.2, 0.25) is 0 Å². The number of aromatic nitrogens is 1. The second kappa shape index (κ2) is 7.95. The third-order valence-electron chi connectivity index (χ3n) is 5.46. The van der Waals surface area contributed by atoms with Crippen LogP contribution in [0.15, 0.2) is 53.7 Å². The topological polar surface area (TPSA) is 110 Å². The second-order valence-corrected chi connectivity index (χ2v) is 7.46. The molecule has 1 aliphatic heterocycles. The molecular formula is C22H21N5O3. The lowest BCUT2D eigenvalue weighted by Gasteiger charge is -2.36. The zero-order valence-corrected chi connectivity index (χ0v) is 16.4. The van der Waals surface area contributed by atoms with Gasteiger partial charge in [0.1, 0.15) is 5.69 Å². The fourth-order valence-corrected chi connectivity index (χ4v) is 3.47. The molecule has 1 aromatic heterocycles. The smallest absolute Gasteiger partial charge is 0.331 e. The number of carboxylic acids is 1. The number of benzene rings is 1. The quantitative estimate of drug-likeness (QED) is 0.615. The van der Waals surface area contributed by atoms with Crippen LogP contribution in [0.4, 0.5) is 0 Å². The minimum absolute atomic E-state index is 0.0836. The standard InChI is InChI=1S/C22H21N5O3/c23-15-16-4-6-17(7-5-16)20(28)27-13-11-26(12-14-27)19(18-3-1-2-10-24-18)25-22(8-9-22)21(29)30/h1-7,10H,8-9,11-14H2,(H,29,30)/b25-19+. The summed E-state index contributed by atoms with van der Waals surface area (Å²) in [5, 5.41) is 18.5. The van der Waals surface area contributed by atoms with Gasteiger partial charge in [-0.2, -0.15) is 5.26 Å². The molecule has 8 nitrogen and oxygen atoms in total. The maximum absolute atomic E-state index is 12.8. The van der Waals surface area contributed by atoms with Gasteiger partial charge in [-0.25, -0.2) is 9.79 Å². The van der Waals surface area contributed by atoms with Crippen LogP contribution in [0.2, 0.25) is 0 Å². The predicted molar refractivity (Wildman–Crippen MR) is 109 cm³/mol. The number of nitrogens with zero attached hydrogens (tertiary/aromatic N) is 5. The Hall–Kier alpha value is -3.73. The van der Waals surface area contributed by atoms with E-state index in [0.717, 1.165) is 0 Å². The van der Waals surface area contributed by atoms with Crippen molar-refractivity contribution in [2.24, 2.45) is 4.99 Å². The van der Waals surface area contributed by atoms with Crippen molar-refractivity contribution in [3.63, 3.8) is 0 Å². The number of pyridine rings is 1. The van der Waals surface area contributed by atoms with Crippen LogP contribution in [0, 0.1) is 11.3 Å². The molecular weight excluding hydrogens is 382 g/mol. The van der Waals surface area contributed by atoms with E-state index in [1.807, 2.05) is 23.1 Å². The molecule has 0 atom stereocenters. The summed E-state index contributed by atoms with van der Waals surface area (Å²) in [6.07, 6.45) is 2.71. The number of rotatable bonds is 4. The maximum atomic E-state index is 12.8. The van der Waals surface area contributed by atoms with Crippen LogP contribution in [0.1, 0.15) is 34.5 Å².